The zero-order valence-corrected chi connectivity index (χ0v) is 21.6. The Labute approximate surface area is 202 Å². The molecule has 5 rings (SSSR count). The van der Waals surface area contributed by atoms with Crippen molar-refractivity contribution in [1.82, 2.24) is 0 Å². The van der Waals surface area contributed by atoms with E-state index < -0.39 is 10.1 Å². The summed E-state index contributed by atoms with van der Waals surface area (Å²) in [7, 11) is 0.316. The van der Waals surface area contributed by atoms with Crippen molar-refractivity contribution in [3.05, 3.63) is 29.8 Å². The number of Topliss-reactive ketones (excluding diaryl/α,β-unsaturated/α-hetero) is 2. The molecule has 1 aromatic carbocycles. The Kier molecular flexibility index (Phi) is 8.81. The van der Waals surface area contributed by atoms with Gasteiger partial charge in [0.15, 0.2) is 0 Å². The number of hydrogen-bond donors (Lipinski definition) is 0. The molecule has 4 aliphatic heterocycles. The number of fused-ring (bicyclic) bond motifs is 4. The van der Waals surface area contributed by atoms with Gasteiger partial charge in [0.25, 0.3) is 0 Å². The van der Waals surface area contributed by atoms with E-state index in [-0.39, 0.29) is 4.90 Å². The highest BCUT2D eigenvalue weighted by atomic mass is 32.2. The monoisotopic (exact) mass is 495 g/mol. The number of benzene rings is 1. The van der Waals surface area contributed by atoms with Crippen LogP contribution in [0.3, 0.4) is 0 Å². The summed E-state index contributed by atoms with van der Waals surface area (Å²) >= 11 is 2.06. The van der Waals surface area contributed by atoms with Crippen LogP contribution in [0.15, 0.2) is 29.2 Å². The number of thioether (sulfide) groups is 1. The van der Waals surface area contributed by atoms with Gasteiger partial charge >= 0.3 is 0 Å². The third-order valence-electron chi connectivity index (χ3n) is 7.54. The molecule has 0 radical (unpaired) electrons. The summed E-state index contributed by atoms with van der Waals surface area (Å²) in [6.07, 6.45) is 11.2. The van der Waals surface area contributed by atoms with E-state index >= 15 is 0 Å². The second-order valence-electron chi connectivity index (χ2n) is 10.3. The summed E-state index contributed by atoms with van der Waals surface area (Å²) in [6, 6.07) is 7.04. The van der Waals surface area contributed by atoms with Crippen molar-refractivity contribution < 1.29 is 27.0 Å². The molecule has 4 unspecified atom stereocenters. The maximum absolute atomic E-state index is 11.4. The molecular formula is C25H37NO5S2. The van der Waals surface area contributed by atoms with Crippen molar-refractivity contribution in [1.29, 1.82) is 0 Å². The predicted octanol–water partition coefficient (Wildman–Crippen LogP) is 4.25. The first-order chi connectivity index (χ1) is 15.4. The molecule has 0 saturated carbocycles. The molecule has 4 saturated heterocycles. The summed E-state index contributed by atoms with van der Waals surface area (Å²) in [6.45, 7) is 1.82. The van der Waals surface area contributed by atoms with E-state index in [0.717, 1.165) is 35.7 Å². The van der Waals surface area contributed by atoms with Crippen LogP contribution in [-0.2, 0) is 19.7 Å². The van der Waals surface area contributed by atoms with Crippen LogP contribution < -0.4 is 0 Å². The molecule has 0 spiro atoms. The highest BCUT2D eigenvalue weighted by molar-refractivity contribution is 8.00. The molecule has 4 bridgehead atoms. The SMILES string of the molecule is C[N+]1(C)C2CCCC1CC(=O)C2.Cc1ccc(S(=O)(=O)[O-])cc1.O=C1CC2CCCC(C1)S2. The van der Waals surface area contributed by atoms with Crippen molar-refractivity contribution in [3.8, 4) is 0 Å². The van der Waals surface area contributed by atoms with E-state index in [1.807, 2.05) is 6.92 Å². The van der Waals surface area contributed by atoms with Gasteiger partial charge in [-0.25, -0.2) is 8.42 Å². The molecule has 184 valence electrons. The van der Waals surface area contributed by atoms with Crippen LogP contribution >= 0.6 is 11.8 Å². The van der Waals surface area contributed by atoms with E-state index in [4.69, 9.17) is 0 Å². The first-order valence-corrected chi connectivity index (χ1v) is 14.3. The van der Waals surface area contributed by atoms with Crippen molar-refractivity contribution in [3.63, 3.8) is 0 Å². The average molecular weight is 496 g/mol. The van der Waals surface area contributed by atoms with Gasteiger partial charge in [0, 0.05) is 36.2 Å². The minimum absolute atomic E-state index is 0.178. The number of quaternary nitrogens is 1. The fraction of sp³-hybridized carbons (Fsp3) is 0.680. The van der Waals surface area contributed by atoms with E-state index in [9.17, 15) is 22.6 Å². The molecule has 1 aromatic rings. The van der Waals surface area contributed by atoms with Gasteiger partial charge in [-0.1, -0.05) is 24.1 Å². The van der Waals surface area contributed by atoms with Gasteiger partial charge in [-0.2, -0.15) is 11.8 Å². The van der Waals surface area contributed by atoms with Crippen molar-refractivity contribution in [2.75, 3.05) is 14.1 Å². The number of aryl methyl sites for hydroxylation is 1. The molecule has 4 atom stereocenters. The van der Waals surface area contributed by atoms with E-state index in [2.05, 4.69) is 25.9 Å². The number of ketones is 2. The Bertz CT molecular complexity index is 910. The number of carbonyl (C=O) groups excluding carboxylic acids is 2. The average Bonchev–Trinajstić information content (AvgIpc) is 2.69. The minimum Gasteiger partial charge on any atom is -0.744 e. The fourth-order valence-corrected chi connectivity index (χ4v) is 7.60. The summed E-state index contributed by atoms with van der Waals surface area (Å²) in [5.41, 5.74) is 0.928. The predicted molar refractivity (Wildman–Crippen MR) is 130 cm³/mol. The van der Waals surface area contributed by atoms with Crippen molar-refractivity contribution >= 4 is 33.4 Å². The summed E-state index contributed by atoms with van der Waals surface area (Å²) in [5, 5.41) is 1.39. The number of piperidine rings is 2. The van der Waals surface area contributed by atoms with Gasteiger partial charge in [0.05, 0.1) is 43.9 Å². The molecule has 33 heavy (non-hydrogen) atoms. The quantitative estimate of drug-likeness (QED) is 0.427. The number of rotatable bonds is 1. The molecule has 4 aliphatic rings. The molecule has 0 amide bonds. The Morgan fingerprint density at radius 3 is 1.76 bits per heavy atom. The molecular weight excluding hydrogens is 458 g/mol. The summed E-state index contributed by atoms with van der Waals surface area (Å²) in [5.74, 6) is 1.01. The standard InChI is InChI=1S/C10H18NO.C8H12OS.C7H8O3S/c1-11(2)8-4-3-5-9(11)7-10(12)6-8;9-6-4-7-2-1-3-8(5-6)10-7;1-6-2-4-7(5-3-6)11(8,9)10/h8-9H,3-7H2,1-2H3;7-8H,1-5H2;2-5H,1H3,(H,8,9,10)/q+1;;/p-1. The van der Waals surface area contributed by atoms with E-state index in [0.29, 0.717) is 34.2 Å². The Hall–Kier alpha value is -1.22. The fourth-order valence-electron chi connectivity index (χ4n) is 5.41. The van der Waals surface area contributed by atoms with Crippen LogP contribution in [-0.4, -0.2) is 65.7 Å². The first-order valence-electron chi connectivity index (χ1n) is 12.0. The van der Waals surface area contributed by atoms with Crippen LogP contribution in [0.4, 0.5) is 0 Å². The molecule has 0 aliphatic carbocycles. The maximum atomic E-state index is 11.4. The second kappa shape index (κ2) is 11.0. The zero-order valence-electron chi connectivity index (χ0n) is 20.0. The number of nitrogens with zero attached hydrogens (tertiary/aromatic N) is 1. The van der Waals surface area contributed by atoms with Gasteiger partial charge in [-0.15, -0.1) is 0 Å². The third-order valence-corrected chi connectivity index (χ3v) is 9.97. The first kappa shape index (κ1) is 26.4. The van der Waals surface area contributed by atoms with Gasteiger partial charge in [0.1, 0.15) is 21.7 Å². The summed E-state index contributed by atoms with van der Waals surface area (Å²) < 4.78 is 32.3. The molecule has 0 aromatic heterocycles. The largest absolute Gasteiger partial charge is 0.744 e. The van der Waals surface area contributed by atoms with Crippen molar-refractivity contribution in [2.45, 2.75) is 98.6 Å². The molecule has 4 heterocycles. The Balaban J connectivity index is 0.000000140. The van der Waals surface area contributed by atoms with Gasteiger partial charge in [0.2, 0.25) is 0 Å². The van der Waals surface area contributed by atoms with Crippen LogP contribution in [0.25, 0.3) is 0 Å². The van der Waals surface area contributed by atoms with Gasteiger partial charge in [-0.05, 0) is 38.3 Å². The van der Waals surface area contributed by atoms with Crippen LogP contribution in [0.2, 0.25) is 0 Å². The summed E-state index contributed by atoms with van der Waals surface area (Å²) in [4.78, 5) is 22.2. The molecule has 0 N–H and O–H groups in total. The Morgan fingerprint density at radius 2 is 1.27 bits per heavy atom. The van der Waals surface area contributed by atoms with E-state index in [1.165, 1.54) is 50.7 Å². The minimum atomic E-state index is -4.27. The van der Waals surface area contributed by atoms with Gasteiger partial charge < -0.3 is 9.04 Å². The lowest BCUT2D eigenvalue weighted by Crippen LogP contribution is -2.62. The Morgan fingerprint density at radius 1 is 0.818 bits per heavy atom. The lowest BCUT2D eigenvalue weighted by molar-refractivity contribution is -0.945. The van der Waals surface area contributed by atoms with Crippen LogP contribution in [0.5, 0.6) is 0 Å². The smallest absolute Gasteiger partial charge is 0.144 e. The van der Waals surface area contributed by atoms with Crippen LogP contribution in [0.1, 0.15) is 69.8 Å². The van der Waals surface area contributed by atoms with E-state index in [1.54, 1.807) is 12.1 Å². The number of carbonyl (C=O) groups is 2. The third kappa shape index (κ3) is 7.38. The van der Waals surface area contributed by atoms with Crippen LogP contribution in [0, 0.1) is 6.92 Å². The normalized spacial score (nSPS) is 30.3. The lowest BCUT2D eigenvalue weighted by atomic mass is 9.82. The second-order valence-corrected chi connectivity index (χ2v) is 13.3. The van der Waals surface area contributed by atoms with Gasteiger partial charge in [-0.3, -0.25) is 9.59 Å². The molecule has 6 nitrogen and oxygen atoms in total. The topological polar surface area (TPSA) is 91.3 Å². The highest BCUT2D eigenvalue weighted by Crippen LogP contribution is 2.39. The lowest BCUT2D eigenvalue weighted by Gasteiger charge is -2.50. The number of hydrogen-bond acceptors (Lipinski definition) is 6. The van der Waals surface area contributed by atoms with Crippen molar-refractivity contribution in [2.24, 2.45) is 0 Å². The molecule has 8 heteroatoms. The molecule has 4 fully saturated rings. The highest BCUT2D eigenvalue weighted by Gasteiger charge is 2.45. The maximum Gasteiger partial charge on any atom is 0.144 e. The zero-order chi connectivity index (χ0) is 24.2.